The normalized spacial score (nSPS) is 12.5. The molecule has 0 radical (unpaired) electrons. The van der Waals surface area contributed by atoms with Crippen LogP contribution in [0.4, 0.5) is 5.13 Å². The molecular weight excluding hydrogens is 292 g/mol. The fraction of sp³-hybridized carbons (Fsp3) is 0.538. The number of rotatable bonds is 6. The topological polar surface area (TPSA) is 87.8 Å². The maximum Gasteiger partial charge on any atom is 0.308 e. The van der Waals surface area contributed by atoms with E-state index in [0.29, 0.717) is 16.6 Å². The Balaban J connectivity index is 2.32. The van der Waals surface area contributed by atoms with Gasteiger partial charge in [-0.3, -0.25) is 9.59 Å². The van der Waals surface area contributed by atoms with Gasteiger partial charge in [0.1, 0.15) is 0 Å². The molecule has 2 heterocycles. The molecule has 7 nitrogen and oxygen atoms in total. The largest absolute Gasteiger partial charge is 0.481 e. The molecular formula is C13H18N4O3S. The minimum Gasteiger partial charge on any atom is -0.481 e. The summed E-state index contributed by atoms with van der Waals surface area (Å²) in [4.78, 5) is 29.6. The van der Waals surface area contributed by atoms with Crippen molar-refractivity contribution in [3.05, 3.63) is 22.1 Å². The molecule has 2 aromatic rings. The van der Waals surface area contributed by atoms with Gasteiger partial charge < -0.3 is 10.0 Å². The summed E-state index contributed by atoms with van der Waals surface area (Å²) in [5.74, 6) is -1.37. The zero-order valence-electron chi connectivity index (χ0n) is 12.2. The number of anilines is 1. The van der Waals surface area contributed by atoms with Gasteiger partial charge in [-0.15, -0.1) is 5.10 Å². The fourth-order valence-corrected chi connectivity index (χ4v) is 2.85. The number of hydrogen-bond acceptors (Lipinski definition) is 6. The minimum absolute atomic E-state index is 0.203. The van der Waals surface area contributed by atoms with Gasteiger partial charge in [0, 0.05) is 25.4 Å². The first-order chi connectivity index (χ1) is 9.92. The van der Waals surface area contributed by atoms with Crippen LogP contribution in [-0.4, -0.2) is 39.3 Å². The Kier molecular flexibility index (Phi) is 4.56. The molecule has 1 atom stereocenters. The first-order valence-corrected chi connectivity index (χ1v) is 7.57. The first-order valence-electron chi connectivity index (χ1n) is 6.76. The van der Waals surface area contributed by atoms with Gasteiger partial charge in [0.25, 0.3) is 5.56 Å². The average Bonchev–Trinajstić information content (AvgIpc) is 2.83. The fourth-order valence-electron chi connectivity index (χ4n) is 1.95. The standard InChI is InChI=1S/C13H18N4O3S/c1-4-5-9-6-10(18)17-12(14-9)21-13(15-17)16(3)7-8(2)11(19)20/h6,8H,4-5,7H2,1-3H3,(H,19,20). The Labute approximate surface area is 125 Å². The van der Waals surface area contributed by atoms with Crippen molar-refractivity contribution in [1.82, 2.24) is 14.6 Å². The number of fused-ring (bicyclic) bond motifs is 1. The Morgan fingerprint density at radius 2 is 2.29 bits per heavy atom. The van der Waals surface area contributed by atoms with Crippen molar-refractivity contribution in [3.63, 3.8) is 0 Å². The summed E-state index contributed by atoms with van der Waals surface area (Å²) in [6.45, 7) is 3.99. The van der Waals surface area contributed by atoms with Crippen LogP contribution >= 0.6 is 11.3 Å². The summed E-state index contributed by atoms with van der Waals surface area (Å²) in [5.41, 5.74) is 0.560. The first kappa shape index (κ1) is 15.4. The van der Waals surface area contributed by atoms with Crippen molar-refractivity contribution in [1.29, 1.82) is 0 Å². The van der Waals surface area contributed by atoms with E-state index in [1.807, 2.05) is 6.92 Å². The highest BCUT2D eigenvalue weighted by Gasteiger charge is 2.17. The molecule has 0 spiro atoms. The third kappa shape index (κ3) is 3.38. The predicted molar refractivity (Wildman–Crippen MR) is 81.2 cm³/mol. The lowest BCUT2D eigenvalue weighted by molar-refractivity contribution is -0.140. The molecule has 114 valence electrons. The number of aliphatic carboxylic acids is 1. The van der Waals surface area contributed by atoms with Gasteiger partial charge in [0.15, 0.2) is 0 Å². The zero-order chi connectivity index (χ0) is 15.6. The van der Waals surface area contributed by atoms with Crippen molar-refractivity contribution in [2.45, 2.75) is 26.7 Å². The lowest BCUT2D eigenvalue weighted by atomic mass is 10.2. The van der Waals surface area contributed by atoms with Crippen LogP contribution in [-0.2, 0) is 11.2 Å². The maximum absolute atomic E-state index is 12.0. The van der Waals surface area contributed by atoms with E-state index in [4.69, 9.17) is 5.11 Å². The molecule has 0 aliphatic heterocycles. The summed E-state index contributed by atoms with van der Waals surface area (Å²) in [6.07, 6.45) is 1.68. The molecule has 1 N–H and O–H groups in total. The lowest BCUT2D eigenvalue weighted by Gasteiger charge is -2.17. The Bertz CT molecular complexity index is 709. The van der Waals surface area contributed by atoms with Gasteiger partial charge in [-0.05, 0) is 6.42 Å². The summed E-state index contributed by atoms with van der Waals surface area (Å²) >= 11 is 1.29. The van der Waals surface area contributed by atoms with Crippen LogP contribution in [0.25, 0.3) is 4.96 Å². The van der Waals surface area contributed by atoms with Crippen LogP contribution in [0, 0.1) is 5.92 Å². The predicted octanol–water partition coefficient (Wildman–Crippen LogP) is 1.26. The lowest BCUT2D eigenvalue weighted by Crippen LogP contribution is -2.28. The van der Waals surface area contributed by atoms with E-state index < -0.39 is 11.9 Å². The molecule has 0 saturated heterocycles. The second kappa shape index (κ2) is 6.21. The highest BCUT2D eigenvalue weighted by molar-refractivity contribution is 7.20. The van der Waals surface area contributed by atoms with Crippen LogP contribution in [0.5, 0.6) is 0 Å². The van der Waals surface area contributed by atoms with Crippen LogP contribution in [0.3, 0.4) is 0 Å². The molecule has 2 aromatic heterocycles. The second-order valence-electron chi connectivity index (χ2n) is 5.03. The van der Waals surface area contributed by atoms with Crippen molar-refractivity contribution in [2.75, 3.05) is 18.5 Å². The molecule has 0 saturated carbocycles. The van der Waals surface area contributed by atoms with E-state index >= 15 is 0 Å². The summed E-state index contributed by atoms with van der Waals surface area (Å²) < 4.78 is 1.26. The molecule has 21 heavy (non-hydrogen) atoms. The van der Waals surface area contributed by atoms with Gasteiger partial charge in [-0.2, -0.15) is 4.52 Å². The van der Waals surface area contributed by atoms with E-state index in [0.717, 1.165) is 18.5 Å². The van der Waals surface area contributed by atoms with Crippen LogP contribution < -0.4 is 10.5 Å². The monoisotopic (exact) mass is 310 g/mol. The summed E-state index contributed by atoms with van der Waals surface area (Å²) in [5, 5.41) is 13.7. The van der Waals surface area contributed by atoms with Crippen molar-refractivity contribution < 1.29 is 9.90 Å². The molecule has 1 unspecified atom stereocenters. The van der Waals surface area contributed by atoms with E-state index in [9.17, 15) is 9.59 Å². The highest BCUT2D eigenvalue weighted by atomic mass is 32.1. The SMILES string of the molecule is CCCc1cc(=O)n2nc(N(C)CC(C)C(=O)O)sc2n1. The maximum atomic E-state index is 12.0. The summed E-state index contributed by atoms with van der Waals surface area (Å²) in [6, 6.07) is 1.50. The van der Waals surface area contributed by atoms with Gasteiger partial charge in [0.2, 0.25) is 10.1 Å². The quantitative estimate of drug-likeness (QED) is 0.864. The molecule has 0 aliphatic rings. The second-order valence-corrected chi connectivity index (χ2v) is 5.97. The molecule has 0 bridgehead atoms. The number of nitrogens with zero attached hydrogens (tertiary/aromatic N) is 4. The Morgan fingerprint density at radius 3 is 2.90 bits per heavy atom. The molecule has 0 aromatic carbocycles. The van der Waals surface area contributed by atoms with Crippen molar-refractivity contribution in [3.8, 4) is 0 Å². The van der Waals surface area contributed by atoms with E-state index in [2.05, 4.69) is 10.1 Å². The van der Waals surface area contributed by atoms with Gasteiger partial charge in [0.05, 0.1) is 5.92 Å². The minimum atomic E-state index is -0.858. The number of aromatic nitrogens is 3. The van der Waals surface area contributed by atoms with E-state index in [1.165, 1.54) is 21.9 Å². The third-order valence-electron chi connectivity index (χ3n) is 3.09. The highest BCUT2D eigenvalue weighted by Crippen LogP contribution is 2.21. The third-order valence-corrected chi connectivity index (χ3v) is 4.11. The van der Waals surface area contributed by atoms with Gasteiger partial charge in [-0.25, -0.2) is 4.98 Å². The molecule has 2 rings (SSSR count). The number of hydrogen-bond donors (Lipinski definition) is 1. The molecule has 0 aliphatic carbocycles. The number of carbonyl (C=O) groups is 1. The summed E-state index contributed by atoms with van der Waals surface area (Å²) in [7, 11) is 1.76. The Morgan fingerprint density at radius 1 is 1.57 bits per heavy atom. The van der Waals surface area contributed by atoms with Gasteiger partial charge in [-0.1, -0.05) is 31.6 Å². The van der Waals surface area contributed by atoms with Crippen LogP contribution in [0.15, 0.2) is 10.9 Å². The smallest absolute Gasteiger partial charge is 0.308 e. The molecule has 0 fully saturated rings. The average molecular weight is 310 g/mol. The van der Waals surface area contributed by atoms with Crippen LogP contribution in [0.1, 0.15) is 26.0 Å². The number of carboxylic acid groups (broad SMARTS) is 1. The zero-order valence-corrected chi connectivity index (χ0v) is 13.1. The Hall–Kier alpha value is -1.96. The van der Waals surface area contributed by atoms with E-state index in [1.54, 1.807) is 18.9 Å². The van der Waals surface area contributed by atoms with E-state index in [-0.39, 0.29) is 5.56 Å². The van der Waals surface area contributed by atoms with Gasteiger partial charge >= 0.3 is 5.97 Å². The van der Waals surface area contributed by atoms with Crippen LogP contribution in [0.2, 0.25) is 0 Å². The molecule has 8 heteroatoms. The number of aryl methyl sites for hydroxylation is 1. The van der Waals surface area contributed by atoms with Crippen molar-refractivity contribution in [2.24, 2.45) is 5.92 Å². The van der Waals surface area contributed by atoms with Crippen molar-refractivity contribution >= 4 is 27.4 Å². The molecule has 0 amide bonds. The number of carboxylic acids is 1.